The maximum Gasteiger partial charge on any atom is -0.00772 e. The second-order valence-corrected chi connectivity index (χ2v) is 2.73. The van der Waals surface area contributed by atoms with Crippen LogP contribution in [0.3, 0.4) is 0 Å². The first kappa shape index (κ1) is 9.70. The zero-order valence-electron chi connectivity index (χ0n) is 6.97. The summed E-state index contributed by atoms with van der Waals surface area (Å²) >= 11 is 0. The van der Waals surface area contributed by atoms with E-state index in [2.05, 4.69) is 13.5 Å². The van der Waals surface area contributed by atoms with Gasteiger partial charge in [-0.1, -0.05) is 19.4 Å². The smallest absolute Gasteiger partial charge is 0.00772 e. The van der Waals surface area contributed by atoms with Gasteiger partial charge >= 0.3 is 0 Å². The van der Waals surface area contributed by atoms with Crippen LogP contribution in [0.5, 0.6) is 0 Å². The molecular weight excluding hydrogens is 122 g/mol. The van der Waals surface area contributed by atoms with E-state index >= 15 is 0 Å². The summed E-state index contributed by atoms with van der Waals surface area (Å²) in [4.78, 5) is 0. The van der Waals surface area contributed by atoms with Gasteiger partial charge < -0.3 is 5.73 Å². The standard InChI is InChI=1S/C9H19N/c1-3-6-9(4-2)7-5-8-10/h3,9H,1,4-8,10H2,2H3/t9-/m0/s1. The van der Waals surface area contributed by atoms with Crippen LogP contribution in [-0.2, 0) is 0 Å². The Hall–Kier alpha value is -0.300. The van der Waals surface area contributed by atoms with Gasteiger partial charge in [-0.15, -0.1) is 6.58 Å². The number of hydrogen-bond acceptors (Lipinski definition) is 1. The van der Waals surface area contributed by atoms with Crippen molar-refractivity contribution in [2.24, 2.45) is 11.7 Å². The Morgan fingerprint density at radius 2 is 2.30 bits per heavy atom. The molecule has 0 rings (SSSR count). The summed E-state index contributed by atoms with van der Waals surface area (Å²) in [5.74, 6) is 0.820. The highest BCUT2D eigenvalue weighted by Gasteiger charge is 2.01. The Kier molecular flexibility index (Phi) is 6.61. The van der Waals surface area contributed by atoms with Crippen LogP contribution in [0.4, 0.5) is 0 Å². The van der Waals surface area contributed by atoms with Gasteiger partial charge in [0.2, 0.25) is 0 Å². The molecule has 0 saturated carbocycles. The van der Waals surface area contributed by atoms with Crippen molar-refractivity contribution < 1.29 is 0 Å². The van der Waals surface area contributed by atoms with E-state index in [1.165, 1.54) is 12.8 Å². The van der Waals surface area contributed by atoms with E-state index < -0.39 is 0 Å². The Labute approximate surface area is 64.3 Å². The van der Waals surface area contributed by atoms with Gasteiger partial charge in [0.25, 0.3) is 0 Å². The summed E-state index contributed by atoms with van der Waals surface area (Å²) in [6, 6.07) is 0. The van der Waals surface area contributed by atoms with Crippen molar-refractivity contribution in [2.45, 2.75) is 32.6 Å². The monoisotopic (exact) mass is 141 g/mol. The highest BCUT2D eigenvalue weighted by atomic mass is 14.5. The first-order valence-electron chi connectivity index (χ1n) is 4.16. The fraction of sp³-hybridized carbons (Fsp3) is 0.778. The molecule has 0 spiro atoms. The van der Waals surface area contributed by atoms with Gasteiger partial charge in [0.1, 0.15) is 0 Å². The Morgan fingerprint density at radius 1 is 1.60 bits per heavy atom. The lowest BCUT2D eigenvalue weighted by atomic mass is 9.97. The number of allylic oxidation sites excluding steroid dienone is 1. The molecule has 60 valence electrons. The summed E-state index contributed by atoms with van der Waals surface area (Å²) in [5, 5.41) is 0. The maximum absolute atomic E-state index is 5.40. The van der Waals surface area contributed by atoms with E-state index in [0.717, 1.165) is 25.3 Å². The fourth-order valence-corrected chi connectivity index (χ4v) is 1.13. The third-order valence-corrected chi connectivity index (χ3v) is 1.89. The van der Waals surface area contributed by atoms with Crippen molar-refractivity contribution in [1.82, 2.24) is 0 Å². The molecule has 0 aromatic rings. The molecule has 0 unspecified atom stereocenters. The number of nitrogens with two attached hydrogens (primary N) is 1. The van der Waals surface area contributed by atoms with E-state index in [-0.39, 0.29) is 0 Å². The highest BCUT2D eigenvalue weighted by Crippen LogP contribution is 2.14. The molecule has 0 aliphatic rings. The molecule has 0 aliphatic carbocycles. The van der Waals surface area contributed by atoms with Crippen molar-refractivity contribution in [2.75, 3.05) is 6.54 Å². The molecule has 0 radical (unpaired) electrons. The van der Waals surface area contributed by atoms with Gasteiger partial charge in [0.05, 0.1) is 0 Å². The van der Waals surface area contributed by atoms with Crippen LogP contribution in [0, 0.1) is 5.92 Å². The number of rotatable bonds is 6. The molecule has 0 fully saturated rings. The van der Waals surface area contributed by atoms with Gasteiger partial charge in [-0.3, -0.25) is 0 Å². The topological polar surface area (TPSA) is 26.0 Å². The predicted octanol–water partition coefficient (Wildman–Crippen LogP) is 2.33. The van der Waals surface area contributed by atoms with Crippen LogP contribution < -0.4 is 5.73 Å². The second-order valence-electron chi connectivity index (χ2n) is 2.73. The van der Waals surface area contributed by atoms with Gasteiger partial charge in [-0.2, -0.15) is 0 Å². The molecule has 2 N–H and O–H groups in total. The van der Waals surface area contributed by atoms with Crippen LogP contribution in [0.25, 0.3) is 0 Å². The molecule has 0 saturated heterocycles. The zero-order chi connectivity index (χ0) is 7.82. The van der Waals surface area contributed by atoms with E-state index in [1.54, 1.807) is 0 Å². The maximum atomic E-state index is 5.40. The SMILES string of the molecule is C=CC[C@H](CC)CCCN. The summed E-state index contributed by atoms with van der Waals surface area (Å²) in [7, 11) is 0. The Morgan fingerprint density at radius 3 is 2.70 bits per heavy atom. The lowest BCUT2D eigenvalue weighted by Crippen LogP contribution is -2.03. The molecule has 0 aromatic heterocycles. The molecule has 0 aromatic carbocycles. The summed E-state index contributed by atoms with van der Waals surface area (Å²) in [6.07, 6.45) is 6.83. The lowest BCUT2D eigenvalue weighted by Gasteiger charge is -2.10. The van der Waals surface area contributed by atoms with Crippen molar-refractivity contribution in [3.8, 4) is 0 Å². The summed E-state index contributed by atoms with van der Waals surface area (Å²) < 4.78 is 0. The quantitative estimate of drug-likeness (QED) is 0.564. The van der Waals surface area contributed by atoms with Crippen molar-refractivity contribution in [3.05, 3.63) is 12.7 Å². The van der Waals surface area contributed by atoms with Crippen molar-refractivity contribution >= 4 is 0 Å². The lowest BCUT2D eigenvalue weighted by molar-refractivity contribution is 0.463. The molecule has 0 bridgehead atoms. The third kappa shape index (κ3) is 4.57. The highest BCUT2D eigenvalue weighted by molar-refractivity contribution is 4.72. The molecule has 1 atom stereocenters. The minimum Gasteiger partial charge on any atom is -0.330 e. The third-order valence-electron chi connectivity index (χ3n) is 1.89. The van der Waals surface area contributed by atoms with Crippen LogP contribution in [0.1, 0.15) is 32.6 Å². The van der Waals surface area contributed by atoms with Gasteiger partial charge in [0, 0.05) is 0 Å². The molecule has 1 heteroatoms. The average Bonchev–Trinajstić information content (AvgIpc) is 1.98. The Bertz CT molecular complexity index is 78.8. The molecule has 0 aliphatic heterocycles. The summed E-state index contributed by atoms with van der Waals surface area (Å²) in [5.41, 5.74) is 5.40. The average molecular weight is 141 g/mol. The zero-order valence-corrected chi connectivity index (χ0v) is 6.97. The predicted molar refractivity (Wildman–Crippen MR) is 46.9 cm³/mol. The number of hydrogen-bond donors (Lipinski definition) is 1. The molecule has 0 heterocycles. The fourth-order valence-electron chi connectivity index (χ4n) is 1.13. The largest absolute Gasteiger partial charge is 0.330 e. The minimum atomic E-state index is 0.820. The van der Waals surface area contributed by atoms with Crippen LogP contribution in [0.15, 0.2) is 12.7 Å². The van der Waals surface area contributed by atoms with Crippen LogP contribution in [0.2, 0.25) is 0 Å². The van der Waals surface area contributed by atoms with Crippen molar-refractivity contribution in [1.29, 1.82) is 0 Å². The van der Waals surface area contributed by atoms with E-state index in [0.29, 0.717) is 0 Å². The van der Waals surface area contributed by atoms with E-state index in [4.69, 9.17) is 5.73 Å². The first-order valence-corrected chi connectivity index (χ1v) is 4.16. The Balaban J connectivity index is 3.29. The molecular formula is C9H19N. The molecule has 10 heavy (non-hydrogen) atoms. The minimum absolute atomic E-state index is 0.820. The summed E-state index contributed by atoms with van der Waals surface area (Å²) in [6.45, 7) is 6.78. The van der Waals surface area contributed by atoms with E-state index in [9.17, 15) is 0 Å². The molecule has 0 amide bonds. The van der Waals surface area contributed by atoms with Gasteiger partial charge in [-0.25, -0.2) is 0 Å². The van der Waals surface area contributed by atoms with Gasteiger partial charge in [-0.05, 0) is 31.7 Å². The molecule has 1 nitrogen and oxygen atoms in total. The van der Waals surface area contributed by atoms with Gasteiger partial charge in [0.15, 0.2) is 0 Å². The second kappa shape index (κ2) is 6.81. The normalized spacial score (nSPS) is 13.0. The van der Waals surface area contributed by atoms with Crippen LogP contribution in [-0.4, -0.2) is 6.54 Å². The van der Waals surface area contributed by atoms with E-state index in [1.807, 2.05) is 6.08 Å². The van der Waals surface area contributed by atoms with Crippen molar-refractivity contribution in [3.63, 3.8) is 0 Å². The van der Waals surface area contributed by atoms with Crippen LogP contribution >= 0.6 is 0 Å². The first-order chi connectivity index (χ1) is 4.85.